The normalized spacial score (nSPS) is 10.9. The highest BCUT2D eigenvalue weighted by Gasteiger charge is 2.12. The largest absolute Gasteiger partial charge is 0.490 e. The van der Waals surface area contributed by atoms with Crippen molar-refractivity contribution in [1.29, 1.82) is 0 Å². The lowest BCUT2D eigenvalue weighted by Gasteiger charge is -2.16. The Balaban J connectivity index is 1.96. The van der Waals surface area contributed by atoms with Crippen molar-refractivity contribution in [1.82, 2.24) is 20.3 Å². The first-order chi connectivity index (χ1) is 13.4. The number of nitrogens with zero attached hydrogens (tertiary/aromatic N) is 3. The minimum atomic E-state index is -0.320. The summed E-state index contributed by atoms with van der Waals surface area (Å²) >= 11 is 0. The molecule has 0 spiro atoms. The van der Waals surface area contributed by atoms with Crippen molar-refractivity contribution >= 4 is 23.0 Å². The van der Waals surface area contributed by atoms with Crippen LogP contribution in [0.4, 0.5) is 10.6 Å². The topological polar surface area (TPSA) is 89.0 Å². The van der Waals surface area contributed by atoms with E-state index in [9.17, 15) is 4.79 Å². The van der Waals surface area contributed by atoms with E-state index < -0.39 is 0 Å². The lowest BCUT2D eigenvalue weighted by atomic mass is 10.0. The van der Waals surface area contributed by atoms with Gasteiger partial charge in [0.25, 0.3) is 0 Å². The van der Waals surface area contributed by atoms with Gasteiger partial charge in [0, 0.05) is 12.1 Å². The Kier molecular flexibility index (Phi) is 5.73. The summed E-state index contributed by atoms with van der Waals surface area (Å²) in [6.45, 7) is 10.5. The molecule has 28 heavy (non-hydrogen) atoms. The second-order valence-corrected chi connectivity index (χ2v) is 6.88. The molecule has 0 aliphatic heterocycles. The Morgan fingerprint density at radius 3 is 2.50 bits per heavy atom. The summed E-state index contributed by atoms with van der Waals surface area (Å²) in [4.78, 5) is 25.1. The van der Waals surface area contributed by atoms with E-state index in [2.05, 4.69) is 37.7 Å². The molecule has 0 aliphatic carbocycles. The smallest absolute Gasteiger partial charge is 0.320 e. The first-order valence-corrected chi connectivity index (χ1v) is 9.34. The van der Waals surface area contributed by atoms with E-state index in [0.29, 0.717) is 23.5 Å². The van der Waals surface area contributed by atoms with Crippen molar-refractivity contribution in [2.45, 2.75) is 40.7 Å². The highest BCUT2D eigenvalue weighted by molar-refractivity contribution is 5.89. The summed E-state index contributed by atoms with van der Waals surface area (Å²) in [5.41, 5.74) is 5.03. The maximum absolute atomic E-state index is 11.7. The highest BCUT2D eigenvalue weighted by Crippen LogP contribution is 2.30. The fourth-order valence-electron chi connectivity index (χ4n) is 2.96. The molecule has 0 aliphatic rings. The van der Waals surface area contributed by atoms with Crippen molar-refractivity contribution < 1.29 is 9.53 Å². The van der Waals surface area contributed by atoms with Crippen LogP contribution < -0.4 is 15.4 Å². The number of hydrogen-bond acceptors (Lipinski definition) is 5. The lowest BCUT2D eigenvalue weighted by Crippen LogP contribution is -2.28. The molecule has 2 aromatic heterocycles. The Bertz CT molecular complexity index is 994. The zero-order valence-electron chi connectivity index (χ0n) is 16.8. The molecule has 7 heteroatoms. The first-order valence-electron chi connectivity index (χ1n) is 9.34. The molecular weight excluding hydrogens is 354 g/mol. The number of aromatic nitrogens is 3. The molecule has 146 valence electrons. The third-order valence-corrected chi connectivity index (χ3v) is 4.10. The van der Waals surface area contributed by atoms with Crippen LogP contribution in [0, 0.1) is 13.8 Å². The number of aryl methyl sites for hydroxylation is 2. The molecule has 2 heterocycles. The molecule has 0 atom stereocenters. The number of urea groups is 1. The van der Waals surface area contributed by atoms with E-state index in [1.54, 1.807) is 0 Å². The molecule has 0 fully saturated rings. The third-order valence-electron chi connectivity index (χ3n) is 4.10. The summed E-state index contributed by atoms with van der Waals surface area (Å²) in [6, 6.07) is 7.60. The van der Waals surface area contributed by atoms with Gasteiger partial charge in [-0.15, -0.1) is 0 Å². The summed E-state index contributed by atoms with van der Waals surface area (Å²) in [5, 5.41) is 5.32. The van der Waals surface area contributed by atoms with Gasteiger partial charge in [-0.25, -0.2) is 19.7 Å². The lowest BCUT2D eigenvalue weighted by molar-refractivity contribution is 0.239. The van der Waals surface area contributed by atoms with Crippen LogP contribution in [0.5, 0.6) is 5.75 Å². The van der Waals surface area contributed by atoms with Gasteiger partial charge < -0.3 is 10.1 Å². The molecule has 0 saturated carbocycles. The quantitative estimate of drug-likeness (QED) is 0.692. The molecule has 0 radical (unpaired) electrons. The Morgan fingerprint density at radius 1 is 1.14 bits per heavy atom. The summed E-state index contributed by atoms with van der Waals surface area (Å²) in [5.74, 6) is 1.27. The van der Waals surface area contributed by atoms with Crippen LogP contribution in [-0.4, -0.2) is 33.6 Å². The molecule has 3 rings (SSSR count). The fraction of sp³-hybridized carbons (Fsp3) is 0.333. The van der Waals surface area contributed by atoms with E-state index in [-0.39, 0.29) is 12.1 Å². The average Bonchev–Trinajstić information content (AvgIpc) is 2.64. The monoisotopic (exact) mass is 379 g/mol. The van der Waals surface area contributed by atoms with Gasteiger partial charge in [0.1, 0.15) is 11.3 Å². The van der Waals surface area contributed by atoms with Crippen LogP contribution in [0.3, 0.4) is 0 Å². The zero-order chi connectivity index (χ0) is 20.3. The van der Waals surface area contributed by atoms with E-state index in [4.69, 9.17) is 4.74 Å². The molecule has 3 aromatic rings. The average molecular weight is 379 g/mol. The van der Waals surface area contributed by atoms with Crippen molar-refractivity contribution in [3.8, 4) is 17.0 Å². The predicted octanol–water partition coefficient (Wildman–Crippen LogP) is 4.24. The van der Waals surface area contributed by atoms with Gasteiger partial charge in [-0.1, -0.05) is 0 Å². The van der Waals surface area contributed by atoms with E-state index in [1.165, 1.54) is 6.20 Å². The highest BCUT2D eigenvalue weighted by atomic mass is 16.5. The molecule has 0 saturated heterocycles. The summed E-state index contributed by atoms with van der Waals surface area (Å²) in [7, 11) is 0. The molecule has 2 N–H and O–H groups in total. The minimum Gasteiger partial charge on any atom is -0.490 e. The number of fused-ring (bicyclic) bond motifs is 1. The molecule has 1 aromatic carbocycles. The Hall–Kier alpha value is -3.22. The van der Waals surface area contributed by atoms with Crippen molar-refractivity contribution in [2.75, 3.05) is 11.9 Å². The van der Waals surface area contributed by atoms with Gasteiger partial charge in [-0.2, -0.15) is 0 Å². The summed E-state index contributed by atoms with van der Waals surface area (Å²) in [6.07, 6.45) is 1.64. The molecule has 0 bridgehead atoms. The number of hydrogen-bond donors (Lipinski definition) is 2. The second-order valence-electron chi connectivity index (χ2n) is 6.88. The summed E-state index contributed by atoms with van der Waals surface area (Å²) < 4.78 is 5.92. The van der Waals surface area contributed by atoms with Gasteiger partial charge >= 0.3 is 6.03 Å². The van der Waals surface area contributed by atoms with E-state index in [0.717, 1.165) is 28.1 Å². The van der Waals surface area contributed by atoms with Gasteiger partial charge in [0.2, 0.25) is 0 Å². The fourth-order valence-corrected chi connectivity index (χ4v) is 2.96. The van der Waals surface area contributed by atoms with E-state index in [1.807, 2.05) is 46.8 Å². The maximum atomic E-state index is 11.7. The van der Waals surface area contributed by atoms with Crippen molar-refractivity contribution in [3.05, 3.63) is 41.6 Å². The standard InChI is InChI=1S/C21H25N5O2/c1-6-22-21(27)26-18-11-23-17-8-7-16(24-20(17)25-18)15-9-13(4)19(14(5)10-15)28-12(2)3/h7-12H,6H2,1-5H3,(H2,22,24,25,26,27). The minimum absolute atomic E-state index is 0.119. The Morgan fingerprint density at radius 2 is 1.86 bits per heavy atom. The van der Waals surface area contributed by atoms with Crippen LogP contribution in [0.15, 0.2) is 30.5 Å². The van der Waals surface area contributed by atoms with Gasteiger partial charge in [0.05, 0.1) is 18.0 Å². The number of anilines is 1. The van der Waals surface area contributed by atoms with Gasteiger partial charge in [-0.05, 0) is 70.0 Å². The number of ether oxygens (including phenoxy) is 1. The van der Waals surface area contributed by atoms with Crippen LogP contribution in [0.25, 0.3) is 22.4 Å². The van der Waals surface area contributed by atoms with Gasteiger partial charge in [0.15, 0.2) is 11.5 Å². The number of rotatable bonds is 5. The second kappa shape index (κ2) is 8.21. The zero-order valence-corrected chi connectivity index (χ0v) is 16.8. The molecular formula is C21H25N5O2. The molecule has 7 nitrogen and oxygen atoms in total. The van der Waals surface area contributed by atoms with Crippen LogP contribution in [0.1, 0.15) is 31.9 Å². The molecule has 0 unspecified atom stereocenters. The molecule has 2 amide bonds. The number of amides is 2. The number of carbonyl (C=O) groups excluding carboxylic acids is 1. The Labute approximate surface area is 164 Å². The number of nitrogens with one attached hydrogen (secondary N) is 2. The van der Waals surface area contributed by atoms with Crippen LogP contribution in [-0.2, 0) is 0 Å². The number of carbonyl (C=O) groups is 1. The van der Waals surface area contributed by atoms with Crippen molar-refractivity contribution in [2.24, 2.45) is 0 Å². The van der Waals surface area contributed by atoms with E-state index >= 15 is 0 Å². The number of benzene rings is 1. The van der Waals surface area contributed by atoms with Crippen LogP contribution >= 0.6 is 0 Å². The van der Waals surface area contributed by atoms with Crippen molar-refractivity contribution in [3.63, 3.8) is 0 Å². The first kappa shape index (κ1) is 19.5. The van der Waals surface area contributed by atoms with Crippen LogP contribution in [0.2, 0.25) is 0 Å². The SMILES string of the molecule is CCNC(=O)Nc1cnc2ccc(-c3cc(C)c(OC(C)C)c(C)c3)nc2n1. The maximum Gasteiger partial charge on any atom is 0.320 e. The number of pyridine rings is 1. The third kappa shape index (κ3) is 4.36. The predicted molar refractivity (Wildman–Crippen MR) is 111 cm³/mol. The van der Waals surface area contributed by atoms with Gasteiger partial charge in [-0.3, -0.25) is 5.32 Å².